The number of carbonyl (C=O) groups excluding carboxylic acids is 2. The van der Waals surface area contributed by atoms with Crippen molar-refractivity contribution in [3.8, 4) is 0 Å². The Hall–Kier alpha value is -1.88. The average molecular weight is 355 g/mol. The highest BCUT2D eigenvalue weighted by atomic mass is 16.2. The first-order valence-electron chi connectivity index (χ1n) is 10.1. The molecule has 1 atom stereocenters. The highest BCUT2D eigenvalue weighted by Gasteiger charge is 2.37. The van der Waals surface area contributed by atoms with Crippen LogP contribution < -0.4 is 5.32 Å². The Bertz CT molecular complexity index is 665. The van der Waals surface area contributed by atoms with Crippen molar-refractivity contribution in [1.82, 2.24) is 15.1 Å². The summed E-state index contributed by atoms with van der Waals surface area (Å²) in [4.78, 5) is 28.9. The summed E-state index contributed by atoms with van der Waals surface area (Å²) in [5, 5.41) is 2.86. The van der Waals surface area contributed by atoms with E-state index < -0.39 is 0 Å². The van der Waals surface area contributed by atoms with Gasteiger partial charge in [-0.2, -0.15) is 0 Å². The number of likely N-dealkylation sites (tertiary alicyclic amines) is 1. The molecule has 0 unspecified atom stereocenters. The Morgan fingerprint density at radius 1 is 1.08 bits per heavy atom. The highest BCUT2D eigenvalue weighted by Crippen LogP contribution is 2.40. The minimum absolute atomic E-state index is 0.0208. The van der Waals surface area contributed by atoms with Crippen LogP contribution in [0.4, 0.5) is 0 Å². The van der Waals surface area contributed by atoms with Gasteiger partial charge in [-0.1, -0.05) is 24.3 Å². The fourth-order valence-corrected chi connectivity index (χ4v) is 4.45. The van der Waals surface area contributed by atoms with Gasteiger partial charge >= 0.3 is 0 Å². The fourth-order valence-electron chi connectivity index (χ4n) is 4.45. The second-order valence-electron chi connectivity index (χ2n) is 7.87. The van der Waals surface area contributed by atoms with Crippen molar-refractivity contribution in [3.05, 3.63) is 35.4 Å². The molecule has 2 aliphatic carbocycles. The molecule has 0 spiro atoms. The lowest BCUT2D eigenvalue weighted by atomic mass is 9.86. The molecule has 5 heteroatoms. The molecule has 1 aromatic carbocycles. The van der Waals surface area contributed by atoms with Gasteiger partial charge in [0.2, 0.25) is 11.8 Å². The third-order valence-corrected chi connectivity index (χ3v) is 5.98. The van der Waals surface area contributed by atoms with Crippen LogP contribution in [-0.4, -0.2) is 53.8 Å². The van der Waals surface area contributed by atoms with E-state index in [-0.39, 0.29) is 18.4 Å². The molecule has 4 rings (SSSR count). The zero-order valence-corrected chi connectivity index (χ0v) is 15.5. The van der Waals surface area contributed by atoms with Gasteiger partial charge in [-0.15, -0.1) is 0 Å². The van der Waals surface area contributed by atoms with Crippen LogP contribution in [0.2, 0.25) is 0 Å². The molecule has 1 heterocycles. The first-order valence-corrected chi connectivity index (χ1v) is 10.1. The number of nitrogens with one attached hydrogen (secondary N) is 1. The monoisotopic (exact) mass is 355 g/mol. The van der Waals surface area contributed by atoms with Crippen molar-refractivity contribution in [2.24, 2.45) is 0 Å². The first-order chi connectivity index (χ1) is 12.7. The molecule has 1 saturated carbocycles. The molecule has 3 aliphatic rings. The van der Waals surface area contributed by atoms with Gasteiger partial charge in [0.05, 0.1) is 13.1 Å². The van der Waals surface area contributed by atoms with Crippen LogP contribution in [0.15, 0.2) is 24.3 Å². The quantitative estimate of drug-likeness (QED) is 0.852. The number of hydrogen-bond donors (Lipinski definition) is 1. The van der Waals surface area contributed by atoms with Gasteiger partial charge in [-0.3, -0.25) is 14.5 Å². The normalized spacial score (nSPS) is 22.3. The summed E-state index contributed by atoms with van der Waals surface area (Å²) >= 11 is 0. The minimum atomic E-state index is -0.0208. The summed E-state index contributed by atoms with van der Waals surface area (Å²) in [7, 11) is 0. The molecule has 140 valence electrons. The zero-order valence-electron chi connectivity index (χ0n) is 15.5. The number of aryl methyl sites for hydroxylation is 1. The number of rotatable bonds is 6. The van der Waals surface area contributed by atoms with Gasteiger partial charge in [-0.05, 0) is 56.1 Å². The molecule has 5 nitrogen and oxygen atoms in total. The summed E-state index contributed by atoms with van der Waals surface area (Å²) in [5.74, 6) is 0.0318. The van der Waals surface area contributed by atoms with E-state index in [0.717, 1.165) is 38.8 Å². The van der Waals surface area contributed by atoms with Crippen molar-refractivity contribution in [1.29, 1.82) is 0 Å². The maximum atomic E-state index is 12.5. The largest absolute Gasteiger partial charge is 0.346 e. The Kier molecular flexibility index (Phi) is 5.25. The lowest BCUT2D eigenvalue weighted by Gasteiger charge is -2.35. The van der Waals surface area contributed by atoms with Gasteiger partial charge in [0.1, 0.15) is 0 Å². The summed E-state index contributed by atoms with van der Waals surface area (Å²) in [6, 6.07) is 9.53. The van der Waals surface area contributed by atoms with Gasteiger partial charge in [0.15, 0.2) is 0 Å². The van der Waals surface area contributed by atoms with Crippen molar-refractivity contribution in [3.63, 3.8) is 0 Å². The van der Waals surface area contributed by atoms with E-state index in [9.17, 15) is 9.59 Å². The maximum Gasteiger partial charge on any atom is 0.241 e. The van der Waals surface area contributed by atoms with Gasteiger partial charge in [0.25, 0.3) is 0 Å². The first kappa shape index (κ1) is 17.5. The van der Waals surface area contributed by atoms with Gasteiger partial charge in [-0.25, -0.2) is 0 Å². The average Bonchev–Trinajstić information content (AvgIpc) is 3.36. The molecule has 0 bridgehead atoms. The lowest BCUT2D eigenvalue weighted by Crippen LogP contribution is -2.44. The second kappa shape index (κ2) is 7.78. The van der Waals surface area contributed by atoms with E-state index in [1.54, 1.807) is 0 Å². The molecule has 2 amide bonds. The third kappa shape index (κ3) is 3.93. The molecule has 1 aromatic rings. The Labute approximate surface area is 155 Å². The van der Waals surface area contributed by atoms with Crippen molar-refractivity contribution >= 4 is 11.8 Å². The van der Waals surface area contributed by atoms with Crippen LogP contribution in [0.25, 0.3) is 0 Å². The standard InChI is InChI=1S/C21H29N3O2/c25-20(22-14-21(26)23-12-3-4-13-23)15-24(17-10-11-17)19-9-5-7-16-6-1-2-8-18(16)19/h1-2,6,8,17,19H,3-5,7,9-15H2,(H,22,25)/t19-/m1/s1. The number of fused-ring (bicyclic) bond motifs is 1. The lowest BCUT2D eigenvalue weighted by molar-refractivity contribution is -0.132. The van der Waals surface area contributed by atoms with Gasteiger partial charge in [0, 0.05) is 25.2 Å². The van der Waals surface area contributed by atoms with E-state index in [4.69, 9.17) is 0 Å². The molecule has 1 aliphatic heterocycles. The highest BCUT2D eigenvalue weighted by molar-refractivity contribution is 5.85. The maximum absolute atomic E-state index is 12.5. The predicted octanol–water partition coefficient (Wildman–Crippen LogP) is 2.27. The van der Waals surface area contributed by atoms with Crippen LogP contribution in [-0.2, 0) is 16.0 Å². The SMILES string of the molecule is O=C(CN(C1CC1)[C@@H]1CCCc2ccccc21)NCC(=O)N1CCCC1. The van der Waals surface area contributed by atoms with E-state index in [2.05, 4.69) is 34.5 Å². The summed E-state index contributed by atoms with van der Waals surface area (Å²) in [6.07, 6.45) is 7.96. The van der Waals surface area contributed by atoms with Crippen molar-refractivity contribution in [2.45, 2.75) is 57.0 Å². The minimum Gasteiger partial charge on any atom is -0.346 e. The van der Waals surface area contributed by atoms with Crippen LogP contribution in [0.5, 0.6) is 0 Å². The second-order valence-corrected chi connectivity index (χ2v) is 7.87. The number of amides is 2. The van der Waals surface area contributed by atoms with E-state index in [1.807, 2.05) is 4.90 Å². The molecule has 1 N–H and O–H groups in total. The van der Waals surface area contributed by atoms with E-state index in [0.29, 0.717) is 18.6 Å². The molecule has 1 saturated heterocycles. The Morgan fingerprint density at radius 2 is 1.85 bits per heavy atom. The topological polar surface area (TPSA) is 52.7 Å². The Balaban J connectivity index is 1.37. The predicted molar refractivity (Wildman–Crippen MR) is 101 cm³/mol. The van der Waals surface area contributed by atoms with Crippen LogP contribution in [0, 0.1) is 0 Å². The molecule has 0 aromatic heterocycles. The number of benzene rings is 1. The number of hydrogen-bond acceptors (Lipinski definition) is 3. The summed E-state index contributed by atoms with van der Waals surface area (Å²) in [5.41, 5.74) is 2.82. The summed E-state index contributed by atoms with van der Waals surface area (Å²) in [6.45, 7) is 2.21. The molecule has 26 heavy (non-hydrogen) atoms. The van der Waals surface area contributed by atoms with Crippen LogP contribution >= 0.6 is 0 Å². The number of carbonyl (C=O) groups is 2. The Morgan fingerprint density at radius 3 is 2.62 bits per heavy atom. The third-order valence-electron chi connectivity index (χ3n) is 5.98. The van der Waals surface area contributed by atoms with Crippen molar-refractivity contribution in [2.75, 3.05) is 26.2 Å². The molecular formula is C21H29N3O2. The van der Waals surface area contributed by atoms with E-state index >= 15 is 0 Å². The van der Waals surface area contributed by atoms with E-state index in [1.165, 1.54) is 30.4 Å². The van der Waals surface area contributed by atoms with Gasteiger partial charge < -0.3 is 10.2 Å². The molecular weight excluding hydrogens is 326 g/mol. The molecule has 0 radical (unpaired) electrons. The van der Waals surface area contributed by atoms with Crippen molar-refractivity contribution < 1.29 is 9.59 Å². The summed E-state index contributed by atoms with van der Waals surface area (Å²) < 4.78 is 0. The smallest absolute Gasteiger partial charge is 0.241 e. The van der Waals surface area contributed by atoms with Crippen LogP contribution in [0.3, 0.4) is 0 Å². The molecule has 2 fully saturated rings. The zero-order chi connectivity index (χ0) is 17.9. The fraction of sp³-hybridized carbons (Fsp3) is 0.619. The number of nitrogens with zero attached hydrogens (tertiary/aromatic N) is 2. The van der Waals surface area contributed by atoms with Crippen LogP contribution in [0.1, 0.15) is 55.7 Å².